The lowest BCUT2D eigenvalue weighted by atomic mass is 10.1. The summed E-state index contributed by atoms with van der Waals surface area (Å²) in [6, 6.07) is 8.31. The van der Waals surface area contributed by atoms with E-state index < -0.39 is 0 Å². The van der Waals surface area contributed by atoms with Crippen LogP contribution in [0.15, 0.2) is 29.8 Å². The Morgan fingerprint density at radius 3 is 3.00 bits per heavy atom. The number of benzene rings is 1. The van der Waals surface area contributed by atoms with Crippen molar-refractivity contribution in [2.24, 2.45) is 0 Å². The molecular weight excluding hydrogens is 192 g/mol. The molecule has 1 N–H and O–H groups in total. The van der Waals surface area contributed by atoms with Gasteiger partial charge in [-0.2, -0.15) is 5.26 Å². The summed E-state index contributed by atoms with van der Waals surface area (Å²) in [4.78, 5) is 2.99. The highest BCUT2D eigenvalue weighted by Gasteiger charge is 2.06. The van der Waals surface area contributed by atoms with Crippen molar-refractivity contribution in [3.63, 3.8) is 0 Å². The van der Waals surface area contributed by atoms with Gasteiger partial charge >= 0.3 is 0 Å². The number of nitrogens with one attached hydrogen (secondary N) is 1. The Balaban J connectivity index is 2.60. The van der Waals surface area contributed by atoms with Crippen LogP contribution in [0, 0.1) is 11.3 Å². The average molecular weight is 198 g/mol. The lowest BCUT2D eigenvalue weighted by molar-refractivity contribution is 1.35. The van der Waals surface area contributed by atoms with Crippen molar-refractivity contribution in [3.05, 3.63) is 35.5 Å². The van der Waals surface area contributed by atoms with E-state index in [4.69, 9.17) is 5.26 Å². The number of nitrogens with zero attached hydrogens (tertiary/aromatic N) is 1. The number of fused-ring (bicyclic) bond motifs is 3. The number of hydrogen-bond acceptors (Lipinski definition) is 2. The summed E-state index contributed by atoms with van der Waals surface area (Å²) in [6.07, 6.45) is 1.91. The van der Waals surface area contributed by atoms with E-state index in [1.54, 1.807) is 11.3 Å². The second kappa shape index (κ2) is 2.60. The van der Waals surface area contributed by atoms with Gasteiger partial charge in [0.05, 0.1) is 0 Å². The van der Waals surface area contributed by atoms with Crippen LogP contribution in [0.25, 0.3) is 20.9 Å². The topological polar surface area (TPSA) is 39.6 Å². The normalized spacial score (nSPS) is 10.8. The first kappa shape index (κ1) is 7.60. The molecule has 0 amide bonds. The fourth-order valence-electron chi connectivity index (χ4n) is 1.73. The lowest BCUT2D eigenvalue weighted by Gasteiger charge is -1.91. The molecule has 3 heteroatoms. The number of thiophene rings is 1. The SMILES string of the molecule is N#Cc1[nH]cc2c1ccc1ccsc12. The number of aromatic nitrogens is 1. The predicted molar refractivity (Wildman–Crippen MR) is 58.4 cm³/mol. The summed E-state index contributed by atoms with van der Waals surface area (Å²) in [7, 11) is 0. The van der Waals surface area contributed by atoms with Crippen LogP contribution in [0.2, 0.25) is 0 Å². The molecule has 0 saturated carbocycles. The molecule has 0 fully saturated rings. The maximum atomic E-state index is 8.87. The fourth-order valence-corrected chi connectivity index (χ4v) is 2.65. The van der Waals surface area contributed by atoms with E-state index in [-0.39, 0.29) is 0 Å². The van der Waals surface area contributed by atoms with Crippen LogP contribution >= 0.6 is 11.3 Å². The fraction of sp³-hybridized carbons (Fsp3) is 0. The number of hydrogen-bond donors (Lipinski definition) is 1. The van der Waals surface area contributed by atoms with Gasteiger partial charge < -0.3 is 4.98 Å². The van der Waals surface area contributed by atoms with E-state index >= 15 is 0 Å². The quantitative estimate of drug-likeness (QED) is 0.591. The van der Waals surface area contributed by atoms with Crippen molar-refractivity contribution < 1.29 is 0 Å². The molecular formula is C11H6N2S. The summed E-state index contributed by atoms with van der Waals surface area (Å²) >= 11 is 1.71. The van der Waals surface area contributed by atoms with Crippen molar-refractivity contribution in [2.45, 2.75) is 0 Å². The third-order valence-electron chi connectivity index (χ3n) is 2.40. The molecule has 0 bridgehead atoms. The smallest absolute Gasteiger partial charge is 0.125 e. The molecule has 2 heterocycles. The minimum absolute atomic E-state index is 0.648. The van der Waals surface area contributed by atoms with Gasteiger partial charge in [-0.3, -0.25) is 0 Å². The van der Waals surface area contributed by atoms with Gasteiger partial charge in [-0.25, -0.2) is 0 Å². The van der Waals surface area contributed by atoms with Crippen molar-refractivity contribution in [2.75, 3.05) is 0 Å². The third kappa shape index (κ3) is 0.835. The van der Waals surface area contributed by atoms with E-state index in [2.05, 4.69) is 28.6 Å². The molecule has 1 aromatic carbocycles. The molecule has 0 radical (unpaired) electrons. The summed E-state index contributed by atoms with van der Waals surface area (Å²) in [5.74, 6) is 0. The molecule has 2 nitrogen and oxygen atoms in total. The summed E-state index contributed by atoms with van der Waals surface area (Å²) in [5.41, 5.74) is 0.648. The molecule has 0 aliphatic rings. The number of rotatable bonds is 0. The average Bonchev–Trinajstić information content (AvgIpc) is 2.82. The Bertz CT molecular complexity index is 655. The Hall–Kier alpha value is -1.79. The van der Waals surface area contributed by atoms with Crippen LogP contribution in [0.5, 0.6) is 0 Å². The van der Waals surface area contributed by atoms with E-state index in [9.17, 15) is 0 Å². The van der Waals surface area contributed by atoms with Gasteiger partial charge in [-0.15, -0.1) is 11.3 Å². The van der Waals surface area contributed by atoms with Crippen molar-refractivity contribution >= 4 is 32.2 Å². The summed E-state index contributed by atoms with van der Waals surface area (Å²) < 4.78 is 1.25. The Kier molecular flexibility index (Phi) is 1.41. The van der Waals surface area contributed by atoms with Crippen LogP contribution < -0.4 is 0 Å². The van der Waals surface area contributed by atoms with Gasteiger partial charge in [0.15, 0.2) is 0 Å². The lowest BCUT2D eigenvalue weighted by Crippen LogP contribution is -1.71. The zero-order valence-electron chi connectivity index (χ0n) is 7.24. The maximum absolute atomic E-state index is 8.87. The van der Waals surface area contributed by atoms with Crippen LogP contribution in [0.4, 0.5) is 0 Å². The standard InChI is InChI=1S/C11H6N2S/c12-5-10-8-2-1-7-3-4-14-11(7)9(8)6-13-10/h1-4,6,13H. The first-order valence-electron chi connectivity index (χ1n) is 4.27. The van der Waals surface area contributed by atoms with Gasteiger partial charge in [0.25, 0.3) is 0 Å². The van der Waals surface area contributed by atoms with Gasteiger partial charge in [-0.05, 0) is 16.8 Å². The predicted octanol–water partition coefficient (Wildman–Crippen LogP) is 3.25. The van der Waals surface area contributed by atoms with Crippen LogP contribution in [-0.4, -0.2) is 4.98 Å². The molecule has 0 atom stereocenters. The minimum atomic E-state index is 0.648. The molecule has 2 aromatic heterocycles. The molecule has 0 aliphatic heterocycles. The zero-order chi connectivity index (χ0) is 9.54. The first-order chi connectivity index (χ1) is 6.90. The third-order valence-corrected chi connectivity index (χ3v) is 3.37. The Labute approximate surface area is 84.4 Å². The highest BCUT2D eigenvalue weighted by atomic mass is 32.1. The number of H-pyrrole nitrogens is 1. The van der Waals surface area contributed by atoms with Crippen molar-refractivity contribution in [3.8, 4) is 6.07 Å². The summed E-state index contributed by atoms with van der Waals surface area (Å²) in [6.45, 7) is 0. The molecule has 3 aromatic rings. The highest BCUT2D eigenvalue weighted by molar-refractivity contribution is 7.18. The maximum Gasteiger partial charge on any atom is 0.125 e. The molecule has 3 rings (SSSR count). The zero-order valence-corrected chi connectivity index (χ0v) is 8.06. The molecule has 66 valence electrons. The van der Waals surface area contributed by atoms with Crippen molar-refractivity contribution in [1.29, 1.82) is 5.26 Å². The van der Waals surface area contributed by atoms with Crippen molar-refractivity contribution in [1.82, 2.24) is 4.98 Å². The van der Waals surface area contributed by atoms with Gasteiger partial charge in [0.1, 0.15) is 11.8 Å². The van der Waals surface area contributed by atoms with Crippen LogP contribution in [-0.2, 0) is 0 Å². The van der Waals surface area contributed by atoms with E-state index in [0.29, 0.717) is 5.69 Å². The molecule has 0 saturated heterocycles. The monoisotopic (exact) mass is 198 g/mol. The Morgan fingerprint density at radius 2 is 2.14 bits per heavy atom. The molecule has 0 spiro atoms. The minimum Gasteiger partial charge on any atom is -0.352 e. The second-order valence-corrected chi connectivity index (χ2v) is 4.06. The largest absolute Gasteiger partial charge is 0.352 e. The highest BCUT2D eigenvalue weighted by Crippen LogP contribution is 2.30. The van der Waals surface area contributed by atoms with Crippen LogP contribution in [0.1, 0.15) is 5.69 Å². The van der Waals surface area contributed by atoms with E-state index in [1.807, 2.05) is 12.3 Å². The van der Waals surface area contributed by atoms with E-state index in [0.717, 1.165) is 10.8 Å². The van der Waals surface area contributed by atoms with E-state index in [1.165, 1.54) is 10.1 Å². The molecule has 0 aliphatic carbocycles. The van der Waals surface area contributed by atoms with Gasteiger partial charge in [-0.1, -0.05) is 12.1 Å². The number of aromatic amines is 1. The molecule has 0 unspecified atom stereocenters. The van der Waals surface area contributed by atoms with Gasteiger partial charge in [0.2, 0.25) is 0 Å². The van der Waals surface area contributed by atoms with Crippen LogP contribution in [0.3, 0.4) is 0 Å². The molecule has 14 heavy (non-hydrogen) atoms. The summed E-state index contributed by atoms with van der Waals surface area (Å²) in [5, 5.41) is 14.3. The second-order valence-electron chi connectivity index (χ2n) is 3.14. The Morgan fingerprint density at radius 1 is 1.21 bits per heavy atom. The number of nitriles is 1. The van der Waals surface area contributed by atoms with Gasteiger partial charge in [0, 0.05) is 21.7 Å². The first-order valence-corrected chi connectivity index (χ1v) is 5.15.